The van der Waals surface area contributed by atoms with E-state index in [1.807, 2.05) is 17.0 Å². The third kappa shape index (κ3) is 3.28. The van der Waals surface area contributed by atoms with Gasteiger partial charge in [0.2, 0.25) is 5.91 Å². The highest BCUT2D eigenvalue weighted by atomic mass is 32.1. The smallest absolute Gasteiger partial charge is 0.318 e. The molecule has 2 heterocycles. The summed E-state index contributed by atoms with van der Waals surface area (Å²) in [6.07, 6.45) is 1.83. The highest BCUT2D eigenvalue weighted by molar-refractivity contribution is 7.10. The summed E-state index contributed by atoms with van der Waals surface area (Å²) in [6, 6.07) is 9.22. The molecule has 1 atom stereocenters. The number of benzene rings is 1. The molecule has 0 radical (unpaired) electrons. The number of carbonyl (C=O) groups excluding carboxylic acids is 2. The minimum Gasteiger partial charge on any atom is -0.366 e. The van der Waals surface area contributed by atoms with Crippen LogP contribution >= 0.6 is 11.3 Å². The van der Waals surface area contributed by atoms with Gasteiger partial charge in [-0.1, -0.05) is 19.1 Å². The standard InChI is InChI=1S/C18H21N3O2S/c1-2-15-14-8-10-24-16(14)7-9-21(15)18(23)20-11-12-3-5-13(6-4-12)17(19)22/h3-6,8,10,15H,2,7,9,11H2,1H3,(H2,19,22)(H,20,23). The van der Waals surface area contributed by atoms with E-state index >= 15 is 0 Å². The summed E-state index contributed by atoms with van der Waals surface area (Å²) in [5, 5.41) is 5.09. The summed E-state index contributed by atoms with van der Waals surface area (Å²) in [5.74, 6) is -0.448. The van der Waals surface area contributed by atoms with E-state index in [0.717, 1.165) is 24.9 Å². The highest BCUT2D eigenvalue weighted by Crippen LogP contribution is 2.35. The molecule has 0 saturated carbocycles. The van der Waals surface area contributed by atoms with Gasteiger partial charge in [-0.2, -0.15) is 0 Å². The van der Waals surface area contributed by atoms with Crippen molar-refractivity contribution in [1.29, 1.82) is 0 Å². The summed E-state index contributed by atoms with van der Waals surface area (Å²) in [5.41, 5.74) is 7.93. The fourth-order valence-electron chi connectivity index (χ4n) is 3.15. The van der Waals surface area contributed by atoms with Gasteiger partial charge in [0, 0.05) is 23.5 Å². The van der Waals surface area contributed by atoms with Crippen LogP contribution in [0.4, 0.5) is 4.79 Å². The number of hydrogen-bond acceptors (Lipinski definition) is 3. The number of carbonyl (C=O) groups is 2. The fourth-order valence-corrected chi connectivity index (χ4v) is 4.07. The first-order chi connectivity index (χ1) is 11.6. The van der Waals surface area contributed by atoms with Gasteiger partial charge in [-0.3, -0.25) is 4.79 Å². The molecule has 3 N–H and O–H groups in total. The van der Waals surface area contributed by atoms with Crippen LogP contribution in [-0.2, 0) is 13.0 Å². The molecule has 1 aromatic heterocycles. The predicted octanol–water partition coefficient (Wildman–Crippen LogP) is 3.07. The van der Waals surface area contributed by atoms with Crippen molar-refractivity contribution < 1.29 is 9.59 Å². The normalized spacial score (nSPS) is 16.5. The number of nitrogens with two attached hydrogens (primary N) is 1. The lowest BCUT2D eigenvalue weighted by Gasteiger charge is -2.35. The summed E-state index contributed by atoms with van der Waals surface area (Å²) in [4.78, 5) is 27.0. The number of fused-ring (bicyclic) bond motifs is 1. The molecule has 6 heteroatoms. The predicted molar refractivity (Wildman–Crippen MR) is 95.0 cm³/mol. The minimum atomic E-state index is -0.448. The van der Waals surface area contributed by atoms with Crippen LogP contribution in [0.1, 0.15) is 45.7 Å². The van der Waals surface area contributed by atoms with Gasteiger partial charge in [-0.05, 0) is 47.5 Å². The molecule has 3 amide bonds. The average molecular weight is 343 g/mol. The SMILES string of the molecule is CCC1c2ccsc2CCN1C(=O)NCc1ccc(C(N)=O)cc1. The Kier molecular flexibility index (Phi) is 4.85. The third-order valence-electron chi connectivity index (χ3n) is 4.42. The first-order valence-electron chi connectivity index (χ1n) is 8.09. The van der Waals surface area contributed by atoms with Crippen molar-refractivity contribution in [2.24, 2.45) is 5.73 Å². The van der Waals surface area contributed by atoms with Crippen LogP contribution in [0.5, 0.6) is 0 Å². The van der Waals surface area contributed by atoms with Gasteiger partial charge in [0.15, 0.2) is 0 Å². The lowest BCUT2D eigenvalue weighted by molar-refractivity contribution is 0.1000. The third-order valence-corrected chi connectivity index (χ3v) is 5.42. The summed E-state index contributed by atoms with van der Waals surface area (Å²) in [7, 11) is 0. The number of amides is 3. The van der Waals surface area contributed by atoms with Gasteiger partial charge in [-0.15, -0.1) is 11.3 Å². The Morgan fingerprint density at radius 1 is 1.29 bits per heavy atom. The van der Waals surface area contributed by atoms with Crippen LogP contribution in [0.15, 0.2) is 35.7 Å². The van der Waals surface area contributed by atoms with Crippen molar-refractivity contribution in [2.75, 3.05) is 6.54 Å². The maximum absolute atomic E-state index is 12.6. The van der Waals surface area contributed by atoms with E-state index < -0.39 is 5.91 Å². The number of urea groups is 1. The maximum Gasteiger partial charge on any atom is 0.318 e. The first kappa shape index (κ1) is 16.5. The second-order valence-electron chi connectivity index (χ2n) is 5.89. The van der Waals surface area contributed by atoms with Crippen molar-refractivity contribution in [3.05, 3.63) is 57.3 Å². The Labute approximate surface area is 145 Å². The number of thiophene rings is 1. The van der Waals surface area contributed by atoms with E-state index in [2.05, 4.69) is 23.7 Å². The van der Waals surface area contributed by atoms with Crippen LogP contribution in [0.3, 0.4) is 0 Å². The Morgan fingerprint density at radius 3 is 2.71 bits per heavy atom. The lowest BCUT2D eigenvalue weighted by atomic mass is 9.98. The second kappa shape index (κ2) is 7.05. The molecule has 0 spiro atoms. The van der Waals surface area contributed by atoms with Crippen LogP contribution in [-0.4, -0.2) is 23.4 Å². The van der Waals surface area contributed by atoms with Gasteiger partial charge in [0.25, 0.3) is 0 Å². The molecule has 126 valence electrons. The Bertz CT molecular complexity index is 739. The molecular weight excluding hydrogens is 322 g/mol. The largest absolute Gasteiger partial charge is 0.366 e. The van der Waals surface area contributed by atoms with Gasteiger partial charge in [0.1, 0.15) is 0 Å². The molecule has 3 rings (SSSR count). The molecule has 0 bridgehead atoms. The van der Waals surface area contributed by atoms with E-state index in [9.17, 15) is 9.59 Å². The zero-order chi connectivity index (χ0) is 17.1. The van der Waals surface area contributed by atoms with Crippen molar-refractivity contribution in [3.63, 3.8) is 0 Å². The maximum atomic E-state index is 12.6. The van der Waals surface area contributed by atoms with Gasteiger partial charge in [0.05, 0.1) is 6.04 Å². The van der Waals surface area contributed by atoms with Crippen molar-refractivity contribution in [3.8, 4) is 0 Å². The van der Waals surface area contributed by atoms with Crippen LogP contribution < -0.4 is 11.1 Å². The van der Waals surface area contributed by atoms with Crippen LogP contribution in [0.25, 0.3) is 0 Å². The molecule has 5 nitrogen and oxygen atoms in total. The monoisotopic (exact) mass is 343 g/mol. The van der Waals surface area contributed by atoms with E-state index in [-0.39, 0.29) is 12.1 Å². The molecule has 1 aliphatic heterocycles. The number of hydrogen-bond donors (Lipinski definition) is 2. The number of rotatable bonds is 4. The second-order valence-corrected chi connectivity index (χ2v) is 6.89. The first-order valence-corrected chi connectivity index (χ1v) is 8.97. The van der Waals surface area contributed by atoms with Crippen molar-refractivity contribution in [2.45, 2.75) is 32.4 Å². The molecule has 1 unspecified atom stereocenters. The van der Waals surface area contributed by atoms with E-state index in [4.69, 9.17) is 5.73 Å². The highest BCUT2D eigenvalue weighted by Gasteiger charge is 2.30. The summed E-state index contributed by atoms with van der Waals surface area (Å²) >= 11 is 1.78. The molecule has 2 aromatic rings. The summed E-state index contributed by atoms with van der Waals surface area (Å²) < 4.78 is 0. The Hall–Kier alpha value is -2.34. The quantitative estimate of drug-likeness (QED) is 0.895. The molecule has 1 aromatic carbocycles. The number of primary amides is 1. The van der Waals surface area contributed by atoms with E-state index in [1.165, 1.54) is 10.4 Å². The number of nitrogens with one attached hydrogen (secondary N) is 1. The van der Waals surface area contributed by atoms with E-state index in [1.54, 1.807) is 23.5 Å². The molecule has 24 heavy (non-hydrogen) atoms. The van der Waals surface area contributed by atoms with Gasteiger partial charge < -0.3 is 16.0 Å². The lowest BCUT2D eigenvalue weighted by Crippen LogP contribution is -2.44. The van der Waals surface area contributed by atoms with Gasteiger partial charge >= 0.3 is 6.03 Å². The Morgan fingerprint density at radius 2 is 2.04 bits per heavy atom. The molecule has 0 aliphatic carbocycles. The summed E-state index contributed by atoms with van der Waals surface area (Å²) in [6.45, 7) is 3.29. The van der Waals surface area contributed by atoms with Crippen molar-refractivity contribution >= 4 is 23.3 Å². The average Bonchev–Trinajstić information content (AvgIpc) is 3.07. The zero-order valence-corrected chi connectivity index (χ0v) is 14.4. The van der Waals surface area contributed by atoms with Crippen molar-refractivity contribution in [1.82, 2.24) is 10.2 Å². The fraction of sp³-hybridized carbons (Fsp3) is 0.333. The van der Waals surface area contributed by atoms with Crippen LogP contribution in [0, 0.1) is 0 Å². The topological polar surface area (TPSA) is 75.4 Å². The molecule has 0 fully saturated rings. The van der Waals surface area contributed by atoms with E-state index in [0.29, 0.717) is 12.1 Å². The molecule has 0 saturated heterocycles. The van der Waals surface area contributed by atoms with Gasteiger partial charge in [-0.25, -0.2) is 4.79 Å². The Balaban J connectivity index is 1.63. The molecular formula is C18H21N3O2S. The van der Waals surface area contributed by atoms with Crippen LogP contribution in [0.2, 0.25) is 0 Å². The number of nitrogens with zero attached hydrogens (tertiary/aromatic N) is 1. The zero-order valence-electron chi connectivity index (χ0n) is 13.6. The molecule has 1 aliphatic rings. The minimum absolute atomic E-state index is 0.0438.